The number of nitrogens with two attached hydrogens (primary N) is 1. The number of fused-ring (bicyclic) bond motifs is 2. The van der Waals surface area contributed by atoms with Crippen LogP contribution in [-0.2, 0) is 24.4 Å². The summed E-state index contributed by atoms with van der Waals surface area (Å²) < 4.78 is 13.6. The van der Waals surface area contributed by atoms with Crippen LogP contribution in [0.1, 0.15) is 41.0 Å². The number of carbonyl (C=O) groups excluding carboxylic acids is 2. The van der Waals surface area contributed by atoms with Gasteiger partial charge in [-0.3, -0.25) is 4.68 Å². The molecule has 0 spiro atoms. The van der Waals surface area contributed by atoms with E-state index < -0.39 is 17.8 Å². The summed E-state index contributed by atoms with van der Waals surface area (Å²) in [7, 11) is 0. The number of benzene rings is 1. The molecule has 0 aliphatic carbocycles. The number of aromatic nitrogens is 2. The van der Waals surface area contributed by atoms with Crippen molar-refractivity contribution in [2.75, 3.05) is 0 Å². The Balaban J connectivity index is 1.64. The number of nitrogens with zero attached hydrogens (tertiary/aromatic N) is 3. The predicted molar refractivity (Wildman–Crippen MR) is 94.4 cm³/mol. The number of urea groups is 1. The van der Waals surface area contributed by atoms with Crippen molar-refractivity contribution in [2.45, 2.75) is 39.3 Å². The lowest BCUT2D eigenvalue weighted by Crippen LogP contribution is -2.39. The summed E-state index contributed by atoms with van der Waals surface area (Å²) >= 11 is 3.43. The highest BCUT2D eigenvalue weighted by molar-refractivity contribution is 9.10. The van der Waals surface area contributed by atoms with Crippen molar-refractivity contribution in [3.63, 3.8) is 0 Å². The van der Waals surface area contributed by atoms with Gasteiger partial charge < -0.3 is 20.1 Å². The molecule has 3 heterocycles. The van der Waals surface area contributed by atoms with Crippen LogP contribution < -0.4 is 10.5 Å². The number of hydrogen-bond acceptors (Lipinski definition) is 5. The highest BCUT2D eigenvalue weighted by Crippen LogP contribution is 2.39. The summed E-state index contributed by atoms with van der Waals surface area (Å²) in [5, 5.41) is 4.51. The molecule has 4 rings (SSSR count). The Morgan fingerprint density at radius 1 is 1.35 bits per heavy atom. The number of primary amides is 1. The largest absolute Gasteiger partial charge is 0.451 e. The van der Waals surface area contributed by atoms with Crippen LogP contribution in [0.2, 0.25) is 0 Å². The van der Waals surface area contributed by atoms with Gasteiger partial charge in [-0.2, -0.15) is 5.10 Å². The predicted octanol–water partition coefficient (Wildman–Crippen LogP) is 2.37. The fourth-order valence-corrected chi connectivity index (χ4v) is 3.63. The molecular formula is C17H17BrN4O4. The number of hydrogen-bond donors (Lipinski definition) is 1. The number of halogens is 1. The van der Waals surface area contributed by atoms with Gasteiger partial charge in [0.15, 0.2) is 5.75 Å². The van der Waals surface area contributed by atoms with Gasteiger partial charge in [0, 0.05) is 25.6 Å². The molecule has 0 saturated heterocycles. The standard InChI is InChI=1S/C17H17BrN4O4/c1-17(2)25-14-11(18)4-3-9(13(14)15(23)26-17)6-22-7-10-5-21(16(19)24)8-12(10)20-22/h3-4,7H,5-6,8H2,1-2H3,(H2,19,24). The quantitative estimate of drug-likeness (QED) is 0.751. The second-order valence-electron chi connectivity index (χ2n) is 6.79. The Kier molecular flexibility index (Phi) is 3.72. The van der Waals surface area contributed by atoms with Gasteiger partial charge in [0.2, 0.25) is 5.79 Å². The smallest absolute Gasteiger partial charge is 0.345 e. The Bertz CT molecular complexity index is 914. The second kappa shape index (κ2) is 5.73. The van der Waals surface area contributed by atoms with E-state index in [2.05, 4.69) is 21.0 Å². The van der Waals surface area contributed by atoms with Gasteiger partial charge in [-0.05, 0) is 27.6 Å². The maximum absolute atomic E-state index is 12.5. The summed E-state index contributed by atoms with van der Waals surface area (Å²) in [5.41, 5.74) is 8.22. The number of amides is 2. The second-order valence-corrected chi connectivity index (χ2v) is 7.65. The molecule has 2 N–H and O–H groups in total. The first kappa shape index (κ1) is 16.9. The van der Waals surface area contributed by atoms with Crippen LogP contribution in [-0.4, -0.2) is 32.5 Å². The van der Waals surface area contributed by atoms with E-state index in [4.69, 9.17) is 15.2 Å². The lowest BCUT2D eigenvalue weighted by atomic mass is 10.0. The Morgan fingerprint density at radius 3 is 2.81 bits per heavy atom. The molecule has 26 heavy (non-hydrogen) atoms. The normalized spacial score (nSPS) is 17.3. The molecule has 2 aliphatic rings. The lowest BCUT2D eigenvalue weighted by Gasteiger charge is -2.33. The van der Waals surface area contributed by atoms with E-state index in [0.29, 0.717) is 35.4 Å². The van der Waals surface area contributed by atoms with Gasteiger partial charge in [-0.1, -0.05) is 6.07 Å². The molecule has 8 nitrogen and oxygen atoms in total. The summed E-state index contributed by atoms with van der Waals surface area (Å²) in [6.07, 6.45) is 1.87. The number of rotatable bonds is 2. The molecule has 0 radical (unpaired) electrons. The lowest BCUT2D eigenvalue weighted by molar-refractivity contribution is -0.127. The van der Waals surface area contributed by atoms with Gasteiger partial charge in [0.05, 0.1) is 29.8 Å². The summed E-state index contributed by atoms with van der Waals surface area (Å²) in [6.45, 7) is 4.61. The molecule has 2 aromatic rings. The van der Waals surface area contributed by atoms with Gasteiger partial charge in [0.1, 0.15) is 5.56 Å². The van der Waals surface area contributed by atoms with Gasteiger partial charge >= 0.3 is 12.0 Å². The van der Waals surface area contributed by atoms with Crippen molar-refractivity contribution in [1.29, 1.82) is 0 Å². The zero-order chi connectivity index (χ0) is 18.6. The van der Waals surface area contributed by atoms with E-state index >= 15 is 0 Å². The molecule has 0 saturated carbocycles. The van der Waals surface area contributed by atoms with Crippen LogP contribution in [0, 0.1) is 0 Å². The third-order valence-electron chi connectivity index (χ3n) is 4.36. The van der Waals surface area contributed by atoms with Crippen LogP contribution in [0.5, 0.6) is 5.75 Å². The van der Waals surface area contributed by atoms with Crippen LogP contribution in [0.4, 0.5) is 4.79 Å². The fraction of sp³-hybridized carbons (Fsp3) is 0.353. The van der Waals surface area contributed by atoms with E-state index in [0.717, 1.165) is 16.8 Å². The maximum Gasteiger partial charge on any atom is 0.345 e. The van der Waals surface area contributed by atoms with Crippen molar-refractivity contribution in [2.24, 2.45) is 5.73 Å². The molecule has 0 bridgehead atoms. The molecule has 1 aromatic heterocycles. The zero-order valence-corrected chi connectivity index (χ0v) is 15.9. The molecule has 136 valence electrons. The zero-order valence-electron chi connectivity index (χ0n) is 14.3. The van der Waals surface area contributed by atoms with E-state index in [1.807, 2.05) is 18.3 Å². The number of ether oxygens (including phenoxy) is 2. The fourth-order valence-electron chi connectivity index (χ4n) is 3.22. The average Bonchev–Trinajstić information content (AvgIpc) is 3.07. The SMILES string of the molecule is CC1(C)OC(=O)c2c(Cn3cc4c(n3)CN(C(N)=O)C4)ccc(Br)c2O1. The van der Waals surface area contributed by atoms with Crippen molar-refractivity contribution < 1.29 is 19.1 Å². The Labute approximate surface area is 158 Å². The minimum Gasteiger partial charge on any atom is -0.451 e. The first-order valence-electron chi connectivity index (χ1n) is 8.07. The van der Waals surface area contributed by atoms with Crippen molar-refractivity contribution >= 4 is 27.9 Å². The minimum atomic E-state index is -1.02. The molecule has 1 aromatic carbocycles. The molecule has 0 atom stereocenters. The number of esters is 1. The van der Waals surface area contributed by atoms with Crippen molar-refractivity contribution in [3.8, 4) is 5.75 Å². The third kappa shape index (κ3) is 2.82. The van der Waals surface area contributed by atoms with Crippen molar-refractivity contribution in [1.82, 2.24) is 14.7 Å². The topological polar surface area (TPSA) is 99.7 Å². The van der Waals surface area contributed by atoms with E-state index in [1.165, 1.54) is 4.90 Å². The number of cyclic esters (lactones) is 1. The molecule has 0 unspecified atom stereocenters. The van der Waals surface area contributed by atoms with E-state index in [1.54, 1.807) is 18.5 Å². The van der Waals surface area contributed by atoms with Crippen LogP contribution in [0.25, 0.3) is 0 Å². The summed E-state index contributed by atoms with van der Waals surface area (Å²) in [4.78, 5) is 25.3. The molecule has 2 aliphatic heterocycles. The van der Waals surface area contributed by atoms with Gasteiger partial charge in [-0.25, -0.2) is 9.59 Å². The Morgan fingerprint density at radius 2 is 2.12 bits per heavy atom. The summed E-state index contributed by atoms with van der Waals surface area (Å²) in [6, 6.07) is 3.22. The van der Waals surface area contributed by atoms with E-state index in [-0.39, 0.29) is 0 Å². The third-order valence-corrected chi connectivity index (χ3v) is 4.98. The van der Waals surface area contributed by atoms with Crippen LogP contribution >= 0.6 is 15.9 Å². The summed E-state index contributed by atoms with van der Waals surface area (Å²) in [5.74, 6) is -0.966. The number of carbonyl (C=O) groups is 2. The highest BCUT2D eigenvalue weighted by Gasteiger charge is 2.37. The molecule has 0 fully saturated rings. The first-order chi connectivity index (χ1) is 12.2. The Hall–Kier alpha value is -2.55. The van der Waals surface area contributed by atoms with Crippen LogP contribution in [0.3, 0.4) is 0 Å². The van der Waals surface area contributed by atoms with Crippen molar-refractivity contribution in [3.05, 3.63) is 45.2 Å². The maximum atomic E-state index is 12.5. The average molecular weight is 421 g/mol. The molecule has 2 amide bonds. The van der Waals surface area contributed by atoms with Gasteiger partial charge in [-0.15, -0.1) is 0 Å². The van der Waals surface area contributed by atoms with Crippen LogP contribution in [0.15, 0.2) is 22.8 Å². The monoisotopic (exact) mass is 420 g/mol. The molecule has 9 heteroatoms. The highest BCUT2D eigenvalue weighted by atomic mass is 79.9. The minimum absolute atomic E-state index is 0.387. The van der Waals surface area contributed by atoms with Gasteiger partial charge in [0.25, 0.3) is 0 Å². The molecular weight excluding hydrogens is 404 g/mol. The first-order valence-corrected chi connectivity index (χ1v) is 8.86. The van der Waals surface area contributed by atoms with E-state index in [9.17, 15) is 9.59 Å².